The maximum absolute atomic E-state index is 12.1. The predicted molar refractivity (Wildman–Crippen MR) is 92.8 cm³/mol. The molecule has 24 heavy (non-hydrogen) atoms. The largest absolute Gasteiger partial charge is 0.497 e. The molecule has 0 atom stereocenters. The van der Waals surface area contributed by atoms with Gasteiger partial charge >= 0.3 is 6.01 Å². The number of anilines is 1. The lowest BCUT2D eigenvalue weighted by molar-refractivity contribution is 0.102. The van der Waals surface area contributed by atoms with Gasteiger partial charge in [-0.25, -0.2) is 0 Å². The van der Waals surface area contributed by atoms with Gasteiger partial charge in [-0.1, -0.05) is 5.10 Å². The second kappa shape index (κ2) is 7.02. The molecular weight excluding hydrogens is 398 g/mol. The molecule has 0 radical (unpaired) electrons. The highest BCUT2D eigenvalue weighted by Crippen LogP contribution is 2.33. The number of amides is 1. The van der Waals surface area contributed by atoms with E-state index in [0.29, 0.717) is 21.9 Å². The first-order valence-electron chi connectivity index (χ1n) is 6.73. The lowest BCUT2D eigenvalue weighted by Gasteiger charge is -2.07. The minimum absolute atomic E-state index is 0.00407. The van der Waals surface area contributed by atoms with Gasteiger partial charge in [0, 0.05) is 0 Å². The fraction of sp³-hybridized carbons (Fsp3) is 0.133. The van der Waals surface area contributed by atoms with Gasteiger partial charge in [-0.05, 0) is 46.3 Å². The summed E-state index contributed by atoms with van der Waals surface area (Å²) in [6.45, 7) is 0. The molecule has 2 aromatic heterocycles. The number of nitrogens with one attached hydrogen (secondary N) is 1. The molecule has 124 valence electrons. The van der Waals surface area contributed by atoms with Crippen molar-refractivity contribution in [1.29, 1.82) is 0 Å². The van der Waals surface area contributed by atoms with Gasteiger partial charge in [0.2, 0.25) is 0 Å². The van der Waals surface area contributed by atoms with Gasteiger partial charge < -0.3 is 13.9 Å². The molecule has 0 saturated heterocycles. The van der Waals surface area contributed by atoms with E-state index in [2.05, 4.69) is 31.4 Å². The van der Waals surface area contributed by atoms with Crippen molar-refractivity contribution >= 4 is 39.2 Å². The minimum atomic E-state index is -0.321. The van der Waals surface area contributed by atoms with Gasteiger partial charge in [-0.15, -0.1) is 16.4 Å². The zero-order chi connectivity index (χ0) is 17.1. The third kappa shape index (κ3) is 3.41. The number of nitrogens with zero attached hydrogens (tertiary/aromatic N) is 2. The van der Waals surface area contributed by atoms with Crippen LogP contribution in [0.2, 0.25) is 0 Å². The van der Waals surface area contributed by atoms with Crippen LogP contribution in [0.4, 0.5) is 6.01 Å². The number of benzene rings is 1. The smallest absolute Gasteiger partial charge is 0.322 e. The number of methoxy groups -OCH3 is 2. The predicted octanol–water partition coefficient (Wildman–Crippen LogP) is 3.83. The number of hydrogen-bond acceptors (Lipinski definition) is 7. The van der Waals surface area contributed by atoms with Crippen molar-refractivity contribution in [2.24, 2.45) is 0 Å². The van der Waals surface area contributed by atoms with Crippen LogP contribution in [-0.2, 0) is 0 Å². The average Bonchev–Trinajstić information content (AvgIpc) is 3.23. The number of carbonyl (C=O) groups excluding carboxylic acids is 1. The van der Waals surface area contributed by atoms with Crippen molar-refractivity contribution in [3.8, 4) is 23.0 Å². The Morgan fingerprint density at radius 2 is 2.04 bits per heavy atom. The first-order chi connectivity index (χ1) is 11.6. The Kier molecular flexibility index (Phi) is 4.81. The summed E-state index contributed by atoms with van der Waals surface area (Å²) in [6.07, 6.45) is 0. The lowest BCUT2D eigenvalue weighted by Crippen LogP contribution is -2.10. The molecule has 0 aliphatic heterocycles. The molecule has 7 nitrogen and oxygen atoms in total. The van der Waals surface area contributed by atoms with E-state index in [1.54, 1.807) is 44.6 Å². The number of carbonyl (C=O) groups is 1. The van der Waals surface area contributed by atoms with Crippen LogP contribution in [0.15, 0.2) is 38.5 Å². The number of ether oxygens (including phenoxy) is 2. The Labute approximate surface area is 149 Å². The average molecular weight is 410 g/mol. The first kappa shape index (κ1) is 16.5. The van der Waals surface area contributed by atoms with Crippen LogP contribution in [0.1, 0.15) is 9.67 Å². The lowest BCUT2D eigenvalue weighted by atomic mass is 10.2. The zero-order valence-corrected chi connectivity index (χ0v) is 15.1. The molecule has 3 aromatic rings. The highest BCUT2D eigenvalue weighted by atomic mass is 79.9. The molecule has 0 saturated carbocycles. The highest BCUT2D eigenvalue weighted by Gasteiger charge is 2.17. The van der Waals surface area contributed by atoms with Crippen molar-refractivity contribution in [2.45, 2.75) is 0 Å². The van der Waals surface area contributed by atoms with Crippen molar-refractivity contribution in [3.05, 3.63) is 39.0 Å². The number of aromatic nitrogens is 2. The Balaban J connectivity index is 1.84. The number of rotatable bonds is 5. The van der Waals surface area contributed by atoms with Crippen molar-refractivity contribution in [2.75, 3.05) is 19.5 Å². The fourth-order valence-electron chi connectivity index (χ4n) is 1.96. The standard InChI is InChI=1S/C15H12BrN3O4S/c1-21-8-3-4-10(22-2)9(7-8)14-18-19-15(23-14)17-13(20)11-5-6-12(16)24-11/h3-7H,1-2H3,(H,17,19,20). The number of halogens is 1. The molecule has 1 amide bonds. The molecular formula is C15H12BrN3O4S. The number of thiophene rings is 1. The number of hydrogen-bond donors (Lipinski definition) is 1. The summed E-state index contributed by atoms with van der Waals surface area (Å²) in [5.74, 6) is 1.07. The molecule has 0 fully saturated rings. The molecule has 0 aliphatic rings. The summed E-state index contributed by atoms with van der Waals surface area (Å²) in [5.41, 5.74) is 0.573. The molecule has 2 heterocycles. The van der Waals surface area contributed by atoms with E-state index in [-0.39, 0.29) is 17.8 Å². The molecule has 0 aliphatic carbocycles. The van der Waals surface area contributed by atoms with Gasteiger partial charge in [0.15, 0.2) is 0 Å². The van der Waals surface area contributed by atoms with Crippen LogP contribution in [0, 0.1) is 0 Å². The van der Waals surface area contributed by atoms with Gasteiger partial charge in [-0.2, -0.15) is 0 Å². The van der Waals surface area contributed by atoms with Crippen molar-refractivity contribution < 1.29 is 18.7 Å². The quantitative estimate of drug-likeness (QED) is 0.688. The second-order valence-corrected chi connectivity index (χ2v) is 7.00. The van der Waals surface area contributed by atoms with Crippen molar-refractivity contribution in [3.63, 3.8) is 0 Å². The highest BCUT2D eigenvalue weighted by molar-refractivity contribution is 9.11. The van der Waals surface area contributed by atoms with E-state index in [9.17, 15) is 4.79 Å². The Morgan fingerprint density at radius 3 is 2.71 bits per heavy atom. The van der Waals surface area contributed by atoms with Crippen LogP contribution >= 0.6 is 27.3 Å². The van der Waals surface area contributed by atoms with Gasteiger partial charge in [0.05, 0.1) is 28.4 Å². The van der Waals surface area contributed by atoms with E-state index in [1.807, 2.05) is 0 Å². The third-order valence-corrected chi connectivity index (χ3v) is 4.70. The molecule has 9 heteroatoms. The van der Waals surface area contributed by atoms with E-state index < -0.39 is 0 Å². The summed E-state index contributed by atoms with van der Waals surface area (Å²) in [4.78, 5) is 12.6. The summed E-state index contributed by atoms with van der Waals surface area (Å²) in [5, 5.41) is 10.4. The SMILES string of the molecule is COc1ccc(OC)c(-c2nnc(NC(=O)c3ccc(Br)s3)o2)c1. The fourth-order valence-corrected chi connectivity index (χ4v) is 3.24. The Bertz CT molecular complexity index is 877. The van der Waals surface area contributed by atoms with Crippen molar-refractivity contribution in [1.82, 2.24) is 10.2 Å². The monoisotopic (exact) mass is 409 g/mol. The van der Waals surface area contributed by atoms with E-state index >= 15 is 0 Å². The Hall–Kier alpha value is -2.39. The molecule has 1 N–H and O–H groups in total. The van der Waals surface area contributed by atoms with Gasteiger partial charge in [-0.3, -0.25) is 10.1 Å². The van der Waals surface area contributed by atoms with Crippen LogP contribution in [-0.4, -0.2) is 30.3 Å². The summed E-state index contributed by atoms with van der Waals surface area (Å²) >= 11 is 4.62. The van der Waals surface area contributed by atoms with Gasteiger partial charge in [0.25, 0.3) is 11.8 Å². The molecule has 1 aromatic carbocycles. The van der Waals surface area contributed by atoms with Crippen LogP contribution in [0.3, 0.4) is 0 Å². The van der Waals surface area contributed by atoms with Crippen LogP contribution in [0.25, 0.3) is 11.5 Å². The maximum atomic E-state index is 12.1. The summed E-state index contributed by atoms with van der Waals surface area (Å²) < 4.78 is 16.9. The first-order valence-corrected chi connectivity index (χ1v) is 8.34. The molecule has 0 spiro atoms. The zero-order valence-electron chi connectivity index (χ0n) is 12.7. The molecule has 0 unspecified atom stereocenters. The summed E-state index contributed by atoms with van der Waals surface area (Å²) in [6, 6.07) is 8.71. The normalized spacial score (nSPS) is 10.5. The topological polar surface area (TPSA) is 86.5 Å². The Morgan fingerprint density at radius 1 is 1.21 bits per heavy atom. The molecule has 0 bridgehead atoms. The van der Waals surface area contributed by atoms with Crippen LogP contribution in [0.5, 0.6) is 11.5 Å². The summed E-state index contributed by atoms with van der Waals surface area (Å²) in [7, 11) is 3.10. The minimum Gasteiger partial charge on any atom is -0.497 e. The van der Waals surface area contributed by atoms with Gasteiger partial charge in [0.1, 0.15) is 11.5 Å². The maximum Gasteiger partial charge on any atom is 0.322 e. The third-order valence-electron chi connectivity index (χ3n) is 3.08. The van der Waals surface area contributed by atoms with E-state index in [0.717, 1.165) is 3.79 Å². The molecule has 3 rings (SSSR count). The second-order valence-electron chi connectivity index (χ2n) is 4.54. The van der Waals surface area contributed by atoms with E-state index in [4.69, 9.17) is 13.9 Å². The van der Waals surface area contributed by atoms with Crippen LogP contribution < -0.4 is 14.8 Å². The van der Waals surface area contributed by atoms with E-state index in [1.165, 1.54) is 11.3 Å².